The number of halogens is 1. The fourth-order valence-electron chi connectivity index (χ4n) is 2.83. The number of rotatable bonds is 6. The van der Waals surface area contributed by atoms with E-state index in [9.17, 15) is 22.4 Å². The van der Waals surface area contributed by atoms with Crippen molar-refractivity contribution in [1.82, 2.24) is 0 Å². The lowest BCUT2D eigenvalue weighted by molar-refractivity contribution is -0.114. The van der Waals surface area contributed by atoms with E-state index < -0.39 is 21.7 Å². The number of sulfonamides is 1. The summed E-state index contributed by atoms with van der Waals surface area (Å²) in [5.41, 5.74) is 1.38. The van der Waals surface area contributed by atoms with Crippen molar-refractivity contribution < 1.29 is 22.4 Å². The highest BCUT2D eigenvalue weighted by Crippen LogP contribution is 2.23. The number of amides is 2. The van der Waals surface area contributed by atoms with Gasteiger partial charge in [-0.15, -0.1) is 0 Å². The molecule has 0 radical (unpaired) electrons. The summed E-state index contributed by atoms with van der Waals surface area (Å²) < 4.78 is 40.1. The van der Waals surface area contributed by atoms with Gasteiger partial charge in [0.1, 0.15) is 5.82 Å². The Kier molecular flexibility index (Phi) is 6.36. The Balaban J connectivity index is 1.83. The van der Waals surface area contributed by atoms with Crippen LogP contribution in [0.3, 0.4) is 0 Å². The first-order chi connectivity index (χ1) is 14.7. The average molecular weight is 441 g/mol. The summed E-state index contributed by atoms with van der Waals surface area (Å²) in [5, 5.41) is 5.30. The number of hydrogen-bond acceptors (Lipinski definition) is 4. The molecule has 3 aromatic rings. The molecule has 0 heterocycles. The standard InChI is InChI=1S/C22H20FN3O4S/c1-15(27)24-18-6-4-7-19(14-18)25-22(28)16-5-3-8-21(13-16)31(29,30)26(2)20-11-9-17(23)10-12-20/h3-14H,1-2H3,(H,24,27)(H,25,28). The first-order valence-electron chi connectivity index (χ1n) is 9.20. The number of carbonyl (C=O) groups is 2. The Morgan fingerprint density at radius 3 is 2.13 bits per heavy atom. The van der Waals surface area contributed by atoms with Crippen LogP contribution in [0.2, 0.25) is 0 Å². The molecule has 0 saturated heterocycles. The van der Waals surface area contributed by atoms with Gasteiger partial charge in [0.25, 0.3) is 15.9 Å². The van der Waals surface area contributed by atoms with Crippen LogP contribution in [0.1, 0.15) is 17.3 Å². The molecule has 0 atom stereocenters. The number of carbonyl (C=O) groups excluding carboxylic acids is 2. The van der Waals surface area contributed by atoms with Crippen LogP contribution in [0.5, 0.6) is 0 Å². The lowest BCUT2D eigenvalue weighted by Crippen LogP contribution is -2.26. The Morgan fingerprint density at radius 1 is 0.871 bits per heavy atom. The van der Waals surface area contributed by atoms with Crippen LogP contribution >= 0.6 is 0 Å². The number of anilines is 3. The second-order valence-corrected chi connectivity index (χ2v) is 8.66. The van der Waals surface area contributed by atoms with Crippen molar-refractivity contribution in [2.75, 3.05) is 22.0 Å². The molecule has 0 fully saturated rings. The van der Waals surface area contributed by atoms with E-state index >= 15 is 0 Å². The van der Waals surface area contributed by atoms with E-state index in [2.05, 4.69) is 10.6 Å². The van der Waals surface area contributed by atoms with Crippen molar-refractivity contribution in [2.45, 2.75) is 11.8 Å². The van der Waals surface area contributed by atoms with E-state index in [0.717, 1.165) is 4.31 Å². The summed E-state index contributed by atoms with van der Waals surface area (Å²) in [4.78, 5) is 23.8. The number of nitrogens with zero attached hydrogens (tertiary/aromatic N) is 1. The van der Waals surface area contributed by atoms with Crippen molar-refractivity contribution in [3.8, 4) is 0 Å². The molecule has 2 amide bonds. The zero-order valence-corrected chi connectivity index (χ0v) is 17.6. The molecule has 0 saturated carbocycles. The van der Waals surface area contributed by atoms with Gasteiger partial charge in [0.15, 0.2) is 0 Å². The van der Waals surface area contributed by atoms with Crippen LogP contribution in [0, 0.1) is 5.82 Å². The fourth-order valence-corrected chi connectivity index (χ4v) is 4.07. The van der Waals surface area contributed by atoms with Gasteiger partial charge in [-0.3, -0.25) is 13.9 Å². The SMILES string of the molecule is CC(=O)Nc1cccc(NC(=O)c2cccc(S(=O)(=O)N(C)c3ccc(F)cc3)c2)c1. The van der Waals surface area contributed by atoms with Crippen LogP contribution < -0.4 is 14.9 Å². The molecule has 0 spiro atoms. The van der Waals surface area contributed by atoms with Crippen LogP contribution in [0.15, 0.2) is 77.7 Å². The Bertz CT molecular complexity index is 1230. The molecule has 31 heavy (non-hydrogen) atoms. The van der Waals surface area contributed by atoms with Gasteiger partial charge in [0.05, 0.1) is 10.6 Å². The van der Waals surface area contributed by atoms with E-state index in [1.165, 1.54) is 62.5 Å². The monoisotopic (exact) mass is 441 g/mol. The van der Waals surface area contributed by atoms with Gasteiger partial charge in [0.2, 0.25) is 5.91 Å². The average Bonchev–Trinajstić information content (AvgIpc) is 2.73. The van der Waals surface area contributed by atoms with E-state index in [1.807, 2.05) is 0 Å². The summed E-state index contributed by atoms with van der Waals surface area (Å²) in [6, 6.07) is 17.2. The highest BCUT2D eigenvalue weighted by molar-refractivity contribution is 7.92. The molecule has 7 nitrogen and oxygen atoms in total. The topological polar surface area (TPSA) is 95.6 Å². The van der Waals surface area contributed by atoms with Gasteiger partial charge in [0, 0.05) is 30.9 Å². The summed E-state index contributed by atoms with van der Waals surface area (Å²) in [6.07, 6.45) is 0. The van der Waals surface area contributed by atoms with E-state index in [1.54, 1.807) is 24.3 Å². The molecule has 2 N–H and O–H groups in total. The smallest absolute Gasteiger partial charge is 0.264 e. The molecule has 0 aliphatic heterocycles. The minimum atomic E-state index is -3.97. The minimum absolute atomic E-state index is 0.0843. The first-order valence-corrected chi connectivity index (χ1v) is 10.6. The van der Waals surface area contributed by atoms with Gasteiger partial charge in [-0.1, -0.05) is 12.1 Å². The molecular formula is C22H20FN3O4S. The molecule has 3 aromatic carbocycles. The van der Waals surface area contributed by atoms with Crippen molar-refractivity contribution in [1.29, 1.82) is 0 Å². The summed E-state index contributed by atoms with van der Waals surface area (Å²) in [7, 11) is -2.62. The molecule has 160 valence electrons. The van der Waals surface area contributed by atoms with Crippen LogP contribution in [0.25, 0.3) is 0 Å². The number of nitrogens with one attached hydrogen (secondary N) is 2. The molecule has 0 aliphatic rings. The number of hydrogen-bond donors (Lipinski definition) is 2. The molecule has 0 aromatic heterocycles. The molecule has 3 rings (SSSR count). The van der Waals surface area contributed by atoms with Gasteiger partial charge in [-0.25, -0.2) is 12.8 Å². The fraction of sp³-hybridized carbons (Fsp3) is 0.0909. The molecule has 9 heteroatoms. The zero-order chi connectivity index (χ0) is 22.6. The third kappa shape index (κ3) is 5.26. The highest BCUT2D eigenvalue weighted by atomic mass is 32.2. The quantitative estimate of drug-likeness (QED) is 0.607. The predicted molar refractivity (Wildman–Crippen MR) is 117 cm³/mol. The third-order valence-electron chi connectivity index (χ3n) is 4.39. The van der Waals surface area contributed by atoms with Crippen LogP contribution in [0.4, 0.5) is 21.5 Å². The normalized spacial score (nSPS) is 10.9. The predicted octanol–water partition coefficient (Wildman–Crippen LogP) is 3.86. The van der Waals surface area contributed by atoms with Gasteiger partial charge in [-0.05, 0) is 60.7 Å². The maximum Gasteiger partial charge on any atom is 0.264 e. The Hall–Kier alpha value is -3.72. The van der Waals surface area contributed by atoms with Gasteiger partial charge >= 0.3 is 0 Å². The van der Waals surface area contributed by atoms with Crippen LogP contribution in [-0.4, -0.2) is 27.3 Å². The zero-order valence-electron chi connectivity index (χ0n) is 16.8. The highest BCUT2D eigenvalue weighted by Gasteiger charge is 2.22. The molecule has 0 bridgehead atoms. The maximum atomic E-state index is 13.1. The van der Waals surface area contributed by atoms with Crippen molar-refractivity contribution in [3.05, 3.63) is 84.2 Å². The van der Waals surface area contributed by atoms with Crippen molar-refractivity contribution in [3.63, 3.8) is 0 Å². The van der Waals surface area contributed by atoms with Gasteiger partial charge in [-0.2, -0.15) is 0 Å². The van der Waals surface area contributed by atoms with E-state index in [4.69, 9.17) is 0 Å². The Labute approximate surface area is 179 Å². The van der Waals surface area contributed by atoms with Crippen molar-refractivity contribution in [2.24, 2.45) is 0 Å². The second-order valence-electron chi connectivity index (χ2n) is 6.69. The first kappa shape index (κ1) is 22.0. The summed E-state index contributed by atoms with van der Waals surface area (Å²) in [5.74, 6) is -1.23. The molecular weight excluding hydrogens is 421 g/mol. The van der Waals surface area contributed by atoms with E-state index in [0.29, 0.717) is 11.4 Å². The largest absolute Gasteiger partial charge is 0.326 e. The summed E-state index contributed by atoms with van der Waals surface area (Å²) >= 11 is 0. The molecule has 0 unspecified atom stereocenters. The summed E-state index contributed by atoms with van der Waals surface area (Å²) in [6.45, 7) is 1.38. The lowest BCUT2D eigenvalue weighted by Gasteiger charge is -2.20. The molecule has 0 aliphatic carbocycles. The minimum Gasteiger partial charge on any atom is -0.326 e. The third-order valence-corrected chi connectivity index (χ3v) is 6.17. The van der Waals surface area contributed by atoms with E-state index in [-0.39, 0.29) is 22.1 Å². The second kappa shape index (κ2) is 8.97. The number of benzene rings is 3. The maximum absolute atomic E-state index is 13.1. The van der Waals surface area contributed by atoms with Gasteiger partial charge < -0.3 is 10.6 Å². The lowest BCUT2D eigenvalue weighted by atomic mass is 10.2. The van der Waals surface area contributed by atoms with Crippen molar-refractivity contribution >= 4 is 38.9 Å². The van der Waals surface area contributed by atoms with Crippen LogP contribution in [-0.2, 0) is 14.8 Å². The Morgan fingerprint density at radius 2 is 1.48 bits per heavy atom.